The highest BCUT2D eigenvalue weighted by atomic mass is 32.2. The Kier molecular flexibility index (Phi) is 5.65. The molecule has 8 heteroatoms. The van der Waals surface area contributed by atoms with Crippen molar-refractivity contribution in [2.24, 2.45) is 0 Å². The topological polar surface area (TPSA) is 30.7 Å². The third kappa shape index (κ3) is 4.57. The Morgan fingerprint density at radius 3 is 2.48 bits per heavy atom. The maximum absolute atomic E-state index is 13.1. The minimum Gasteiger partial charge on any atom is -0.298 e. The lowest BCUT2D eigenvalue weighted by atomic mass is 10.1. The number of thioether (sulfide) groups is 1. The molecule has 1 heterocycles. The van der Waals surface area contributed by atoms with E-state index in [0.717, 1.165) is 12.1 Å². The number of hydrogen-bond acceptors (Lipinski definition) is 3. The van der Waals surface area contributed by atoms with E-state index >= 15 is 0 Å². The fourth-order valence-electron chi connectivity index (χ4n) is 2.49. The van der Waals surface area contributed by atoms with Gasteiger partial charge >= 0.3 is 6.18 Å². The van der Waals surface area contributed by atoms with E-state index in [1.165, 1.54) is 30.0 Å². The monoisotopic (exact) mass is 393 g/mol. The highest BCUT2D eigenvalue weighted by Crippen LogP contribution is 2.31. The maximum Gasteiger partial charge on any atom is 0.416 e. The summed E-state index contributed by atoms with van der Waals surface area (Å²) in [6.07, 6.45) is -2.70. The summed E-state index contributed by atoms with van der Waals surface area (Å²) in [5.41, 5.74) is 0.545. The predicted octanol–water partition coefficient (Wildman–Crippen LogP) is 5.58. The minimum absolute atomic E-state index is 0.308. The van der Waals surface area contributed by atoms with Gasteiger partial charge < -0.3 is 0 Å². The standard InChI is InChI=1S/C19H15F4N3S/c1-2-10-26-17(14-6-8-16(20)9-7-14)24-25-18(26)27-12-13-4-3-5-15(11-13)19(21,22)23/h2-9,11H,1,10,12H2. The summed E-state index contributed by atoms with van der Waals surface area (Å²) in [7, 11) is 0. The van der Waals surface area contributed by atoms with Crippen LogP contribution >= 0.6 is 11.8 Å². The first-order valence-corrected chi connectivity index (χ1v) is 8.96. The van der Waals surface area contributed by atoms with Crippen molar-refractivity contribution in [3.8, 4) is 11.4 Å². The fourth-order valence-corrected chi connectivity index (χ4v) is 3.38. The highest BCUT2D eigenvalue weighted by Gasteiger charge is 2.30. The number of allylic oxidation sites excluding steroid dienone is 1. The van der Waals surface area contributed by atoms with Crippen LogP contribution in [0, 0.1) is 5.82 Å². The first-order chi connectivity index (χ1) is 12.9. The summed E-state index contributed by atoms with van der Waals surface area (Å²) >= 11 is 1.28. The molecular formula is C19H15F4N3S. The van der Waals surface area contributed by atoms with Gasteiger partial charge in [0.1, 0.15) is 5.82 Å². The lowest BCUT2D eigenvalue weighted by Gasteiger charge is -2.10. The fraction of sp³-hybridized carbons (Fsp3) is 0.158. The van der Waals surface area contributed by atoms with E-state index < -0.39 is 11.7 Å². The van der Waals surface area contributed by atoms with Gasteiger partial charge in [0.2, 0.25) is 0 Å². The zero-order chi connectivity index (χ0) is 19.4. The van der Waals surface area contributed by atoms with Gasteiger partial charge in [-0.2, -0.15) is 13.2 Å². The summed E-state index contributed by atoms with van der Waals surface area (Å²) in [5.74, 6) is 0.497. The van der Waals surface area contributed by atoms with Crippen LogP contribution in [0.3, 0.4) is 0 Å². The molecule has 0 saturated heterocycles. The largest absolute Gasteiger partial charge is 0.416 e. The van der Waals surface area contributed by atoms with E-state index in [9.17, 15) is 17.6 Å². The van der Waals surface area contributed by atoms with Crippen molar-refractivity contribution >= 4 is 11.8 Å². The summed E-state index contributed by atoms with van der Waals surface area (Å²) in [6, 6.07) is 11.0. The van der Waals surface area contributed by atoms with Crippen molar-refractivity contribution in [1.29, 1.82) is 0 Å². The van der Waals surface area contributed by atoms with Crippen molar-refractivity contribution in [2.45, 2.75) is 23.6 Å². The van der Waals surface area contributed by atoms with Gasteiger partial charge in [-0.15, -0.1) is 16.8 Å². The number of alkyl halides is 3. The first kappa shape index (κ1) is 19.2. The number of nitrogens with zero attached hydrogens (tertiary/aromatic N) is 3. The molecule has 3 aromatic rings. The second-order valence-corrected chi connectivity index (χ2v) is 6.64. The molecule has 0 N–H and O–H groups in total. The quantitative estimate of drug-likeness (QED) is 0.311. The van der Waals surface area contributed by atoms with Crippen LogP contribution in [0.4, 0.5) is 17.6 Å². The van der Waals surface area contributed by atoms with Crippen LogP contribution < -0.4 is 0 Å². The van der Waals surface area contributed by atoms with Crippen molar-refractivity contribution < 1.29 is 17.6 Å². The maximum atomic E-state index is 13.1. The summed E-state index contributed by atoms with van der Waals surface area (Å²) in [5, 5.41) is 8.83. The average Bonchev–Trinajstić information content (AvgIpc) is 3.03. The van der Waals surface area contributed by atoms with Crippen LogP contribution in [0.5, 0.6) is 0 Å². The molecule has 0 unspecified atom stereocenters. The minimum atomic E-state index is -4.38. The zero-order valence-electron chi connectivity index (χ0n) is 14.1. The Hall–Kier alpha value is -2.61. The molecule has 3 nitrogen and oxygen atoms in total. The second kappa shape index (κ2) is 7.96. The third-order valence-corrected chi connectivity index (χ3v) is 4.79. The molecule has 2 aromatic carbocycles. The molecule has 0 aliphatic rings. The SMILES string of the molecule is C=CCn1c(SCc2cccc(C(F)(F)F)c2)nnc1-c1ccc(F)cc1. The van der Waals surface area contributed by atoms with Crippen LogP contribution in [0.1, 0.15) is 11.1 Å². The van der Waals surface area contributed by atoms with Crippen molar-refractivity contribution in [3.63, 3.8) is 0 Å². The summed E-state index contributed by atoms with van der Waals surface area (Å²) in [4.78, 5) is 0. The van der Waals surface area contributed by atoms with E-state index in [1.54, 1.807) is 28.8 Å². The lowest BCUT2D eigenvalue weighted by molar-refractivity contribution is -0.137. The normalized spacial score (nSPS) is 11.6. The Bertz CT molecular complexity index is 933. The van der Waals surface area contributed by atoms with E-state index in [0.29, 0.717) is 34.4 Å². The molecule has 27 heavy (non-hydrogen) atoms. The van der Waals surface area contributed by atoms with E-state index in [-0.39, 0.29) is 5.82 Å². The molecule has 0 aliphatic heterocycles. The molecule has 140 valence electrons. The summed E-state index contributed by atoms with van der Waals surface area (Å²) in [6.45, 7) is 4.13. The zero-order valence-corrected chi connectivity index (χ0v) is 14.9. The average molecular weight is 393 g/mol. The van der Waals surface area contributed by atoms with Crippen LogP contribution in [0.15, 0.2) is 66.3 Å². The molecule has 0 amide bonds. The third-order valence-electron chi connectivity index (χ3n) is 3.75. The van der Waals surface area contributed by atoms with Crippen molar-refractivity contribution in [1.82, 2.24) is 14.8 Å². The molecule has 1 aromatic heterocycles. The molecule has 0 saturated carbocycles. The highest BCUT2D eigenvalue weighted by molar-refractivity contribution is 7.98. The Balaban J connectivity index is 1.83. The first-order valence-electron chi connectivity index (χ1n) is 7.97. The van der Waals surface area contributed by atoms with Gasteiger partial charge in [-0.05, 0) is 35.9 Å². The van der Waals surface area contributed by atoms with E-state index in [1.807, 2.05) is 0 Å². The van der Waals surface area contributed by atoms with Crippen LogP contribution in [-0.2, 0) is 18.5 Å². The van der Waals surface area contributed by atoms with Gasteiger partial charge in [-0.3, -0.25) is 4.57 Å². The number of hydrogen-bond donors (Lipinski definition) is 0. The van der Waals surface area contributed by atoms with Crippen LogP contribution in [-0.4, -0.2) is 14.8 Å². The molecule has 0 aliphatic carbocycles. The molecule has 0 atom stereocenters. The molecule has 3 rings (SSSR count). The van der Waals surface area contributed by atoms with Gasteiger partial charge in [-0.1, -0.05) is 36.0 Å². The number of aromatic nitrogens is 3. The number of halogens is 4. The molecule has 0 spiro atoms. The van der Waals surface area contributed by atoms with Gasteiger partial charge in [-0.25, -0.2) is 4.39 Å². The Morgan fingerprint density at radius 2 is 1.81 bits per heavy atom. The molecule has 0 bridgehead atoms. The summed E-state index contributed by atoms with van der Waals surface area (Å²) < 4.78 is 53.5. The molecule has 0 fully saturated rings. The van der Waals surface area contributed by atoms with Gasteiger partial charge in [0.15, 0.2) is 11.0 Å². The van der Waals surface area contributed by atoms with Crippen LogP contribution in [0.2, 0.25) is 0 Å². The predicted molar refractivity (Wildman–Crippen MR) is 96.6 cm³/mol. The van der Waals surface area contributed by atoms with E-state index in [4.69, 9.17) is 0 Å². The van der Waals surface area contributed by atoms with Gasteiger partial charge in [0.05, 0.1) is 5.56 Å². The van der Waals surface area contributed by atoms with Gasteiger partial charge in [0.25, 0.3) is 0 Å². The molecule has 0 radical (unpaired) electrons. The molecular weight excluding hydrogens is 378 g/mol. The smallest absolute Gasteiger partial charge is 0.298 e. The number of benzene rings is 2. The van der Waals surface area contributed by atoms with E-state index in [2.05, 4.69) is 16.8 Å². The van der Waals surface area contributed by atoms with Crippen molar-refractivity contribution in [2.75, 3.05) is 0 Å². The lowest BCUT2D eigenvalue weighted by Crippen LogP contribution is -2.05. The van der Waals surface area contributed by atoms with Crippen molar-refractivity contribution in [3.05, 3.63) is 78.1 Å². The Labute approximate surface area is 157 Å². The number of rotatable bonds is 6. The second-order valence-electron chi connectivity index (χ2n) is 5.70. The van der Waals surface area contributed by atoms with Crippen LogP contribution in [0.25, 0.3) is 11.4 Å². The van der Waals surface area contributed by atoms with Gasteiger partial charge in [0, 0.05) is 17.9 Å². The Morgan fingerprint density at radius 1 is 1.07 bits per heavy atom.